The SMILES string of the molecule is Cc1cc(Cl)cc(-c2cc(Cl)ccc2C)c1. The van der Waals surface area contributed by atoms with Crippen molar-refractivity contribution in [1.29, 1.82) is 0 Å². The molecule has 0 aromatic heterocycles. The van der Waals surface area contributed by atoms with Crippen LogP contribution in [-0.4, -0.2) is 0 Å². The van der Waals surface area contributed by atoms with Gasteiger partial charge >= 0.3 is 0 Å². The minimum Gasteiger partial charge on any atom is -0.0843 e. The molecular formula is C14H12Cl2. The molecule has 2 aromatic carbocycles. The molecule has 0 unspecified atom stereocenters. The van der Waals surface area contributed by atoms with E-state index in [2.05, 4.69) is 13.0 Å². The van der Waals surface area contributed by atoms with Crippen LogP contribution in [-0.2, 0) is 0 Å². The van der Waals surface area contributed by atoms with Gasteiger partial charge in [0.2, 0.25) is 0 Å². The lowest BCUT2D eigenvalue weighted by Gasteiger charge is -2.08. The van der Waals surface area contributed by atoms with Gasteiger partial charge in [0.15, 0.2) is 0 Å². The van der Waals surface area contributed by atoms with Crippen LogP contribution in [0.2, 0.25) is 10.0 Å². The Morgan fingerprint density at radius 3 is 2.25 bits per heavy atom. The fourth-order valence-electron chi connectivity index (χ4n) is 1.80. The van der Waals surface area contributed by atoms with Gasteiger partial charge in [-0.15, -0.1) is 0 Å². The summed E-state index contributed by atoms with van der Waals surface area (Å²) in [6.07, 6.45) is 0. The lowest BCUT2D eigenvalue weighted by molar-refractivity contribution is 1.42. The molecule has 82 valence electrons. The largest absolute Gasteiger partial charge is 0.0843 e. The van der Waals surface area contributed by atoms with E-state index >= 15 is 0 Å². The lowest BCUT2D eigenvalue weighted by atomic mass is 9.99. The van der Waals surface area contributed by atoms with Gasteiger partial charge in [0.25, 0.3) is 0 Å². The zero-order chi connectivity index (χ0) is 11.7. The molecule has 0 aliphatic rings. The number of aryl methyl sites for hydroxylation is 2. The first-order valence-corrected chi connectivity index (χ1v) is 5.85. The van der Waals surface area contributed by atoms with Crippen molar-refractivity contribution in [3.8, 4) is 11.1 Å². The Morgan fingerprint density at radius 2 is 1.56 bits per heavy atom. The van der Waals surface area contributed by atoms with Crippen LogP contribution in [0.4, 0.5) is 0 Å². The zero-order valence-corrected chi connectivity index (χ0v) is 10.7. The van der Waals surface area contributed by atoms with E-state index in [1.807, 2.05) is 37.3 Å². The van der Waals surface area contributed by atoms with Gasteiger partial charge in [-0.2, -0.15) is 0 Å². The van der Waals surface area contributed by atoms with Crippen LogP contribution in [0.1, 0.15) is 11.1 Å². The van der Waals surface area contributed by atoms with Gasteiger partial charge in [0.1, 0.15) is 0 Å². The predicted octanol–water partition coefficient (Wildman–Crippen LogP) is 5.28. The molecule has 0 nitrogen and oxygen atoms in total. The molecule has 0 radical (unpaired) electrons. The molecule has 2 aromatic rings. The molecule has 0 bridgehead atoms. The molecule has 16 heavy (non-hydrogen) atoms. The average Bonchev–Trinajstić information content (AvgIpc) is 2.20. The molecule has 2 rings (SSSR count). The van der Waals surface area contributed by atoms with Crippen molar-refractivity contribution in [2.45, 2.75) is 13.8 Å². The Morgan fingerprint density at radius 1 is 0.812 bits per heavy atom. The molecule has 0 atom stereocenters. The normalized spacial score (nSPS) is 10.5. The number of hydrogen-bond acceptors (Lipinski definition) is 0. The number of benzene rings is 2. The minimum absolute atomic E-state index is 0.748. The average molecular weight is 251 g/mol. The van der Waals surface area contributed by atoms with Crippen LogP contribution in [0.25, 0.3) is 11.1 Å². The minimum atomic E-state index is 0.748. The van der Waals surface area contributed by atoms with Crippen LogP contribution < -0.4 is 0 Å². The fraction of sp³-hybridized carbons (Fsp3) is 0.143. The van der Waals surface area contributed by atoms with Crippen LogP contribution >= 0.6 is 23.2 Å². The molecule has 0 aliphatic carbocycles. The van der Waals surface area contributed by atoms with E-state index in [0.29, 0.717) is 0 Å². The second kappa shape index (κ2) is 4.48. The summed E-state index contributed by atoms with van der Waals surface area (Å²) >= 11 is 12.1. The summed E-state index contributed by atoms with van der Waals surface area (Å²) in [6, 6.07) is 11.9. The maximum atomic E-state index is 6.06. The van der Waals surface area contributed by atoms with Crippen LogP contribution in [0, 0.1) is 13.8 Å². The van der Waals surface area contributed by atoms with E-state index in [9.17, 15) is 0 Å². The summed E-state index contributed by atoms with van der Waals surface area (Å²) in [5, 5.41) is 1.51. The lowest BCUT2D eigenvalue weighted by Crippen LogP contribution is -1.85. The predicted molar refractivity (Wildman–Crippen MR) is 71.4 cm³/mol. The zero-order valence-electron chi connectivity index (χ0n) is 9.22. The molecule has 0 saturated carbocycles. The van der Waals surface area contributed by atoms with Gasteiger partial charge < -0.3 is 0 Å². The second-order valence-corrected chi connectivity index (χ2v) is 4.85. The van der Waals surface area contributed by atoms with E-state index in [0.717, 1.165) is 26.7 Å². The third-order valence-corrected chi connectivity index (χ3v) is 3.01. The summed E-state index contributed by atoms with van der Waals surface area (Å²) in [5.41, 5.74) is 4.61. The Labute approximate surface area is 106 Å². The molecule has 0 fully saturated rings. The van der Waals surface area contributed by atoms with Gasteiger partial charge in [-0.3, -0.25) is 0 Å². The van der Waals surface area contributed by atoms with Crippen molar-refractivity contribution >= 4 is 23.2 Å². The number of halogens is 2. The highest BCUT2D eigenvalue weighted by molar-refractivity contribution is 6.31. The quantitative estimate of drug-likeness (QED) is 0.647. The third kappa shape index (κ3) is 2.40. The first-order valence-electron chi connectivity index (χ1n) is 5.10. The van der Waals surface area contributed by atoms with Crippen LogP contribution in [0.15, 0.2) is 36.4 Å². The van der Waals surface area contributed by atoms with Crippen molar-refractivity contribution in [2.24, 2.45) is 0 Å². The van der Waals surface area contributed by atoms with E-state index in [1.165, 1.54) is 5.56 Å². The highest BCUT2D eigenvalue weighted by atomic mass is 35.5. The second-order valence-electron chi connectivity index (χ2n) is 3.98. The Kier molecular flexibility index (Phi) is 3.22. The summed E-state index contributed by atoms with van der Waals surface area (Å²) in [4.78, 5) is 0. The van der Waals surface area contributed by atoms with Gasteiger partial charge in [-0.1, -0.05) is 35.3 Å². The molecule has 0 spiro atoms. The Hall–Kier alpha value is -0.980. The van der Waals surface area contributed by atoms with Crippen LogP contribution in [0.3, 0.4) is 0 Å². The molecule has 0 heterocycles. The van der Waals surface area contributed by atoms with E-state index in [-0.39, 0.29) is 0 Å². The van der Waals surface area contributed by atoms with Crippen molar-refractivity contribution < 1.29 is 0 Å². The third-order valence-electron chi connectivity index (χ3n) is 2.55. The highest BCUT2D eigenvalue weighted by Gasteiger charge is 2.04. The van der Waals surface area contributed by atoms with E-state index in [1.54, 1.807) is 0 Å². The maximum absolute atomic E-state index is 6.06. The van der Waals surface area contributed by atoms with Gasteiger partial charge in [-0.25, -0.2) is 0 Å². The monoisotopic (exact) mass is 250 g/mol. The molecule has 0 amide bonds. The fourth-order valence-corrected chi connectivity index (χ4v) is 2.26. The standard InChI is InChI=1S/C14H12Cl2/c1-9-5-11(7-13(16)6-9)14-8-12(15)4-3-10(14)2/h3-8H,1-2H3. The Bertz CT molecular complexity index is 510. The molecule has 0 aliphatic heterocycles. The van der Waals surface area contributed by atoms with Crippen LogP contribution in [0.5, 0.6) is 0 Å². The summed E-state index contributed by atoms with van der Waals surface area (Å²) in [5.74, 6) is 0. The van der Waals surface area contributed by atoms with E-state index < -0.39 is 0 Å². The summed E-state index contributed by atoms with van der Waals surface area (Å²) in [7, 11) is 0. The van der Waals surface area contributed by atoms with E-state index in [4.69, 9.17) is 23.2 Å². The summed E-state index contributed by atoms with van der Waals surface area (Å²) < 4.78 is 0. The van der Waals surface area contributed by atoms with Gasteiger partial charge in [0, 0.05) is 10.0 Å². The topological polar surface area (TPSA) is 0 Å². The first kappa shape index (κ1) is 11.5. The molecule has 0 saturated heterocycles. The summed E-state index contributed by atoms with van der Waals surface area (Å²) in [6.45, 7) is 4.11. The molecule has 0 N–H and O–H groups in total. The van der Waals surface area contributed by atoms with Gasteiger partial charge in [0.05, 0.1) is 0 Å². The smallest absolute Gasteiger partial charge is 0.0414 e. The first-order chi connectivity index (χ1) is 7.56. The maximum Gasteiger partial charge on any atom is 0.0414 e. The molecule has 2 heteroatoms. The highest BCUT2D eigenvalue weighted by Crippen LogP contribution is 2.29. The van der Waals surface area contributed by atoms with Crippen molar-refractivity contribution in [1.82, 2.24) is 0 Å². The van der Waals surface area contributed by atoms with Gasteiger partial charge in [-0.05, 0) is 60.4 Å². The Balaban J connectivity index is 2.62. The van der Waals surface area contributed by atoms with Crippen molar-refractivity contribution in [2.75, 3.05) is 0 Å². The molecular weight excluding hydrogens is 239 g/mol. The van der Waals surface area contributed by atoms with Crippen molar-refractivity contribution in [3.63, 3.8) is 0 Å². The number of rotatable bonds is 1. The number of hydrogen-bond donors (Lipinski definition) is 0. The van der Waals surface area contributed by atoms with Crippen molar-refractivity contribution in [3.05, 3.63) is 57.6 Å².